The Labute approximate surface area is 172 Å². The molecular formula is C20H20N4O3S2. The lowest BCUT2D eigenvalue weighted by atomic mass is 10.1. The van der Waals surface area contributed by atoms with Gasteiger partial charge in [-0.3, -0.25) is 10.2 Å². The summed E-state index contributed by atoms with van der Waals surface area (Å²) in [5.74, 6) is -0.333. The monoisotopic (exact) mass is 428 g/mol. The van der Waals surface area contributed by atoms with E-state index in [1.165, 1.54) is 33.3 Å². The van der Waals surface area contributed by atoms with Gasteiger partial charge in [-0.15, -0.1) is 0 Å². The molecule has 1 aliphatic heterocycles. The Balaban J connectivity index is 1.58. The highest BCUT2D eigenvalue weighted by atomic mass is 32.2. The predicted molar refractivity (Wildman–Crippen MR) is 110 cm³/mol. The summed E-state index contributed by atoms with van der Waals surface area (Å²) in [6.45, 7) is 1.07. The number of hydrogen-bond donors (Lipinski definition) is 1. The first-order valence-electron chi connectivity index (χ1n) is 9.32. The molecule has 9 heteroatoms. The second-order valence-electron chi connectivity index (χ2n) is 6.78. The van der Waals surface area contributed by atoms with Gasteiger partial charge in [0.25, 0.3) is 0 Å². The lowest BCUT2D eigenvalue weighted by Crippen LogP contribution is -2.35. The van der Waals surface area contributed by atoms with E-state index in [1.54, 1.807) is 0 Å². The molecule has 0 bridgehead atoms. The van der Waals surface area contributed by atoms with Crippen LogP contribution >= 0.6 is 11.3 Å². The van der Waals surface area contributed by atoms with E-state index in [4.69, 9.17) is 5.41 Å². The second kappa shape index (κ2) is 8.02. The van der Waals surface area contributed by atoms with Crippen LogP contribution in [0, 0.1) is 5.41 Å². The molecule has 0 radical (unpaired) electrons. The standard InChI is InChI=1S/C20H20N4O3S2/c21-20-24(16-7-3-1-4-8-16)22-19(28-20)18(25)15-9-11-17(12-10-15)29(26,27)23-13-5-2-6-14-23/h1,3-4,7-12,21H,2,5-6,13-14H2. The Morgan fingerprint density at radius 2 is 1.62 bits per heavy atom. The van der Waals surface area contributed by atoms with E-state index in [1.807, 2.05) is 30.3 Å². The van der Waals surface area contributed by atoms with Gasteiger partial charge in [-0.1, -0.05) is 36.0 Å². The molecule has 7 nitrogen and oxygen atoms in total. The fraction of sp³-hybridized carbons (Fsp3) is 0.250. The normalized spacial score (nSPS) is 15.3. The van der Waals surface area contributed by atoms with Gasteiger partial charge in [0, 0.05) is 18.7 Å². The molecule has 1 fully saturated rings. The maximum Gasteiger partial charge on any atom is 0.243 e. The van der Waals surface area contributed by atoms with E-state index < -0.39 is 10.0 Å². The minimum atomic E-state index is -3.53. The van der Waals surface area contributed by atoms with Crippen molar-refractivity contribution in [2.45, 2.75) is 24.2 Å². The van der Waals surface area contributed by atoms with Crippen LogP contribution in [0.5, 0.6) is 0 Å². The highest BCUT2D eigenvalue weighted by Gasteiger charge is 2.26. The molecule has 0 saturated carbocycles. The van der Waals surface area contributed by atoms with Crippen LogP contribution in [0.15, 0.2) is 59.5 Å². The maximum absolute atomic E-state index is 12.8. The van der Waals surface area contributed by atoms with Crippen molar-refractivity contribution < 1.29 is 13.2 Å². The van der Waals surface area contributed by atoms with Crippen molar-refractivity contribution in [2.75, 3.05) is 13.1 Å². The van der Waals surface area contributed by atoms with Crippen molar-refractivity contribution in [1.29, 1.82) is 5.41 Å². The molecule has 0 amide bonds. The van der Waals surface area contributed by atoms with Crippen LogP contribution in [0.4, 0.5) is 0 Å². The van der Waals surface area contributed by atoms with Crippen LogP contribution in [0.1, 0.15) is 34.6 Å². The molecule has 1 aliphatic rings. The Bertz CT molecular complexity index is 1180. The molecule has 0 spiro atoms. The molecule has 0 atom stereocenters. The first-order chi connectivity index (χ1) is 14.0. The molecule has 1 saturated heterocycles. The average molecular weight is 429 g/mol. The summed E-state index contributed by atoms with van der Waals surface area (Å²) < 4.78 is 28.4. The fourth-order valence-corrected chi connectivity index (χ4v) is 5.55. The third-order valence-corrected chi connectivity index (χ3v) is 7.58. The highest BCUT2D eigenvalue weighted by molar-refractivity contribution is 7.89. The average Bonchev–Trinajstić information content (AvgIpc) is 3.16. The van der Waals surface area contributed by atoms with Crippen LogP contribution in [0.3, 0.4) is 0 Å². The first-order valence-corrected chi connectivity index (χ1v) is 11.6. The van der Waals surface area contributed by atoms with Gasteiger partial charge in [0.1, 0.15) is 0 Å². The van der Waals surface area contributed by atoms with Crippen molar-refractivity contribution in [2.24, 2.45) is 0 Å². The van der Waals surface area contributed by atoms with E-state index in [-0.39, 0.29) is 20.5 Å². The molecule has 3 aromatic rings. The Hall–Kier alpha value is -2.62. The number of carbonyl (C=O) groups excluding carboxylic acids is 1. The summed E-state index contributed by atoms with van der Waals surface area (Å²) in [6, 6.07) is 15.1. The number of nitrogens with zero attached hydrogens (tertiary/aromatic N) is 3. The zero-order valence-electron chi connectivity index (χ0n) is 15.6. The first kappa shape index (κ1) is 19.7. The van der Waals surface area contributed by atoms with Gasteiger partial charge in [0.2, 0.25) is 20.6 Å². The largest absolute Gasteiger partial charge is 0.286 e. The van der Waals surface area contributed by atoms with Crippen molar-refractivity contribution in [1.82, 2.24) is 14.1 Å². The van der Waals surface area contributed by atoms with Gasteiger partial charge < -0.3 is 0 Å². The lowest BCUT2D eigenvalue weighted by molar-refractivity contribution is 0.103. The number of nitrogens with one attached hydrogen (secondary N) is 1. The van der Waals surface area contributed by atoms with Crippen LogP contribution < -0.4 is 4.80 Å². The molecule has 1 aromatic heterocycles. The van der Waals surface area contributed by atoms with Gasteiger partial charge >= 0.3 is 0 Å². The molecule has 29 heavy (non-hydrogen) atoms. The number of sulfonamides is 1. The lowest BCUT2D eigenvalue weighted by Gasteiger charge is -2.25. The molecular weight excluding hydrogens is 408 g/mol. The zero-order chi connectivity index (χ0) is 20.4. The molecule has 0 unspecified atom stereocenters. The zero-order valence-corrected chi connectivity index (χ0v) is 17.2. The summed E-state index contributed by atoms with van der Waals surface area (Å²) >= 11 is 0.987. The maximum atomic E-state index is 12.8. The quantitative estimate of drug-likeness (QED) is 0.632. The molecule has 2 aromatic carbocycles. The van der Waals surface area contributed by atoms with Gasteiger partial charge in [-0.2, -0.15) is 9.40 Å². The second-order valence-corrected chi connectivity index (χ2v) is 9.69. The number of para-hydroxylation sites is 1. The molecule has 0 aliphatic carbocycles. The van der Waals surface area contributed by atoms with E-state index in [0.29, 0.717) is 24.3 Å². The van der Waals surface area contributed by atoms with Crippen molar-refractivity contribution in [3.63, 3.8) is 0 Å². The number of benzene rings is 2. The summed E-state index contributed by atoms with van der Waals surface area (Å²) in [4.78, 5) is 13.1. The van der Waals surface area contributed by atoms with E-state index >= 15 is 0 Å². The summed E-state index contributed by atoms with van der Waals surface area (Å²) in [6.07, 6.45) is 2.79. The number of piperidine rings is 1. The van der Waals surface area contributed by atoms with Crippen LogP contribution in [-0.2, 0) is 10.0 Å². The SMILES string of the molecule is N=c1sc(C(=O)c2ccc(S(=O)(=O)N3CCCCC3)cc2)nn1-c1ccccc1. The Kier molecular flexibility index (Phi) is 5.44. The van der Waals surface area contributed by atoms with Gasteiger partial charge in [0.05, 0.1) is 10.6 Å². The number of hydrogen-bond acceptors (Lipinski definition) is 6. The van der Waals surface area contributed by atoms with Gasteiger partial charge in [-0.25, -0.2) is 13.1 Å². The third kappa shape index (κ3) is 3.93. The molecule has 2 heterocycles. The smallest absolute Gasteiger partial charge is 0.243 e. The minimum absolute atomic E-state index is 0.142. The van der Waals surface area contributed by atoms with Gasteiger partial charge in [-0.05, 0) is 49.2 Å². The predicted octanol–water partition coefficient (Wildman–Crippen LogP) is 2.82. The summed E-state index contributed by atoms with van der Waals surface area (Å²) in [5, 5.41) is 12.6. The molecule has 4 rings (SSSR count). The van der Waals surface area contributed by atoms with Crippen LogP contribution in [0.25, 0.3) is 5.69 Å². The summed E-state index contributed by atoms with van der Waals surface area (Å²) in [7, 11) is -3.53. The summed E-state index contributed by atoms with van der Waals surface area (Å²) in [5.41, 5.74) is 1.05. The number of carbonyl (C=O) groups is 1. The van der Waals surface area contributed by atoms with E-state index in [2.05, 4.69) is 5.10 Å². The minimum Gasteiger partial charge on any atom is -0.286 e. The van der Waals surface area contributed by atoms with E-state index in [0.717, 1.165) is 30.6 Å². The Morgan fingerprint density at radius 1 is 0.966 bits per heavy atom. The van der Waals surface area contributed by atoms with Crippen LogP contribution in [0.2, 0.25) is 0 Å². The number of aromatic nitrogens is 2. The van der Waals surface area contributed by atoms with E-state index in [9.17, 15) is 13.2 Å². The van der Waals surface area contributed by atoms with Gasteiger partial charge in [0.15, 0.2) is 5.01 Å². The number of rotatable bonds is 5. The topological polar surface area (TPSA) is 96.1 Å². The molecule has 1 N–H and O–H groups in total. The highest BCUT2D eigenvalue weighted by Crippen LogP contribution is 2.21. The van der Waals surface area contributed by atoms with Crippen molar-refractivity contribution in [3.8, 4) is 5.69 Å². The fourth-order valence-electron chi connectivity index (χ4n) is 3.28. The van der Waals surface area contributed by atoms with Crippen LogP contribution in [-0.4, -0.2) is 41.4 Å². The third-order valence-electron chi connectivity index (χ3n) is 4.84. The van der Waals surface area contributed by atoms with Crippen molar-refractivity contribution in [3.05, 3.63) is 70.0 Å². The molecule has 150 valence electrons. The number of ketones is 1. The van der Waals surface area contributed by atoms with Crippen molar-refractivity contribution >= 4 is 27.1 Å². The Morgan fingerprint density at radius 3 is 2.28 bits per heavy atom.